The minimum atomic E-state index is -0.316. The monoisotopic (exact) mass is 330 g/mol. The molecule has 2 rings (SSSR count). The lowest BCUT2D eigenvalue weighted by Crippen LogP contribution is -2.15. The fourth-order valence-corrected chi connectivity index (χ4v) is 1.90. The van der Waals surface area contributed by atoms with Crippen molar-refractivity contribution in [3.63, 3.8) is 0 Å². The molecule has 2 aromatic rings. The van der Waals surface area contributed by atoms with E-state index in [-0.39, 0.29) is 17.7 Å². The highest BCUT2D eigenvalue weighted by Gasteiger charge is 2.09. The van der Waals surface area contributed by atoms with Gasteiger partial charge >= 0.3 is 0 Å². The molecular weight excluding hydrogens is 308 g/mol. The molecule has 0 saturated carbocycles. The SMILES string of the molecule is COCCNc1cnc(C(=O)Nc2ccc(OC(C)C)cc2)cn1. The van der Waals surface area contributed by atoms with Crippen molar-refractivity contribution in [1.29, 1.82) is 0 Å². The van der Waals surface area contributed by atoms with Gasteiger partial charge in [0, 0.05) is 19.3 Å². The summed E-state index contributed by atoms with van der Waals surface area (Å²) in [6.45, 7) is 5.12. The fraction of sp³-hybridized carbons (Fsp3) is 0.353. The second kappa shape index (κ2) is 8.83. The lowest BCUT2D eigenvalue weighted by Gasteiger charge is -2.10. The first-order valence-electron chi connectivity index (χ1n) is 7.71. The van der Waals surface area contributed by atoms with E-state index in [1.54, 1.807) is 19.2 Å². The van der Waals surface area contributed by atoms with E-state index < -0.39 is 0 Å². The van der Waals surface area contributed by atoms with Crippen LogP contribution in [0.4, 0.5) is 11.5 Å². The molecule has 0 bridgehead atoms. The number of ether oxygens (including phenoxy) is 2. The van der Waals surface area contributed by atoms with Crippen LogP contribution >= 0.6 is 0 Å². The summed E-state index contributed by atoms with van der Waals surface area (Å²) in [5, 5.41) is 5.81. The van der Waals surface area contributed by atoms with Gasteiger partial charge in [-0.25, -0.2) is 9.97 Å². The highest BCUT2D eigenvalue weighted by atomic mass is 16.5. The van der Waals surface area contributed by atoms with Crippen molar-refractivity contribution in [1.82, 2.24) is 9.97 Å². The molecule has 7 heteroatoms. The number of rotatable bonds is 8. The Hall–Kier alpha value is -2.67. The van der Waals surface area contributed by atoms with E-state index in [1.807, 2.05) is 26.0 Å². The molecule has 0 atom stereocenters. The quantitative estimate of drug-likeness (QED) is 0.724. The number of methoxy groups -OCH3 is 1. The van der Waals surface area contributed by atoms with Crippen molar-refractivity contribution in [3.8, 4) is 5.75 Å². The average molecular weight is 330 g/mol. The molecule has 0 aliphatic carbocycles. The Balaban J connectivity index is 1.91. The number of hydrogen-bond acceptors (Lipinski definition) is 6. The zero-order chi connectivity index (χ0) is 17.4. The predicted molar refractivity (Wildman–Crippen MR) is 92.6 cm³/mol. The largest absolute Gasteiger partial charge is 0.491 e. The molecule has 1 aromatic carbocycles. The molecule has 1 amide bonds. The molecule has 0 aliphatic heterocycles. The number of amides is 1. The Labute approximate surface area is 141 Å². The zero-order valence-electron chi connectivity index (χ0n) is 14.1. The number of anilines is 2. The minimum Gasteiger partial charge on any atom is -0.491 e. The third-order valence-electron chi connectivity index (χ3n) is 2.98. The number of hydrogen-bond donors (Lipinski definition) is 2. The molecule has 24 heavy (non-hydrogen) atoms. The lowest BCUT2D eigenvalue weighted by molar-refractivity contribution is 0.102. The molecule has 128 valence electrons. The zero-order valence-corrected chi connectivity index (χ0v) is 14.1. The molecule has 1 aromatic heterocycles. The van der Waals surface area contributed by atoms with Crippen molar-refractivity contribution in [2.75, 3.05) is 30.9 Å². The van der Waals surface area contributed by atoms with Crippen molar-refractivity contribution in [2.45, 2.75) is 20.0 Å². The second-order valence-corrected chi connectivity index (χ2v) is 5.35. The molecule has 0 saturated heterocycles. The van der Waals surface area contributed by atoms with Crippen LogP contribution in [-0.4, -0.2) is 42.2 Å². The summed E-state index contributed by atoms with van der Waals surface area (Å²) < 4.78 is 10.5. The lowest BCUT2D eigenvalue weighted by atomic mass is 10.3. The second-order valence-electron chi connectivity index (χ2n) is 5.35. The van der Waals surface area contributed by atoms with E-state index in [2.05, 4.69) is 20.6 Å². The molecule has 0 fully saturated rings. The van der Waals surface area contributed by atoms with Gasteiger partial charge in [0.15, 0.2) is 0 Å². The van der Waals surface area contributed by atoms with Crippen LogP contribution in [0.1, 0.15) is 24.3 Å². The Morgan fingerprint density at radius 1 is 1.17 bits per heavy atom. The van der Waals surface area contributed by atoms with E-state index in [0.29, 0.717) is 24.7 Å². The number of aromatic nitrogens is 2. The van der Waals surface area contributed by atoms with Crippen LogP contribution in [0.3, 0.4) is 0 Å². The summed E-state index contributed by atoms with van der Waals surface area (Å²) in [7, 11) is 1.63. The molecular formula is C17H22N4O3. The summed E-state index contributed by atoms with van der Waals surface area (Å²) in [6, 6.07) is 7.18. The number of nitrogens with zero attached hydrogens (tertiary/aromatic N) is 2. The smallest absolute Gasteiger partial charge is 0.275 e. The number of benzene rings is 1. The Morgan fingerprint density at radius 3 is 2.50 bits per heavy atom. The highest BCUT2D eigenvalue weighted by molar-refractivity contribution is 6.02. The average Bonchev–Trinajstić information content (AvgIpc) is 2.57. The van der Waals surface area contributed by atoms with Crippen LogP contribution in [0.15, 0.2) is 36.7 Å². The van der Waals surface area contributed by atoms with E-state index in [1.165, 1.54) is 12.4 Å². The molecule has 1 heterocycles. The van der Waals surface area contributed by atoms with Crippen molar-refractivity contribution in [3.05, 3.63) is 42.4 Å². The molecule has 0 unspecified atom stereocenters. The number of nitrogens with one attached hydrogen (secondary N) is 2. The van der Waals surface area contributed by atoms with Crippen LogP contribution in [0, 0.1) is 0 Å². The van der Waals surface area contributed by atoms with E-state index in [4.69, 9.17) is 9.47 Å². The van der Waals surface area contributed by atoms with Gasteiger partial charge in [-0.15, -0.1) is 0 Å². The van der Waals surface area contributed by atoms with Gasteiger partial charge in [0.2, 0.25) is 0 Å². The highest BCUT2D eigenvalue weighted by Crippen LogP contribution is 2.17. The van der Waals surface area contributed by atoms with Gasteiger partial charge in [-0.05, 0) is 38.1 Å². The third-order valence-corrected chi connectivity index (χ3v) is 2.98. The van der Waals surface area contributed by atoms with Crippen LogP contribution < -0.4 is 15.4 Å². The topological polar surface area (TPSA) is 85.4 Å². The summed E-state index contributed by atoms with van der Waals surface area (Å²) in [6.07, 6.45) is 3.06. The first-order chi connectivity index (χ1) is 11.6. The van der Waals surface area contributed by atoms with E-state index in [0.717, 1.165) is 5.75 Å². The Kier molecular flexibility index (Phi) is 6.51. The van der Waals surface area contributed by atoms with Crippen LogP contribution in [0.25, 0.3) is 0 Å². The predicted octanol–water partition coefficient (Wildman–Crippen LogP) is 2.57. The van der Waals surface area contributed by atoms with Crippen molar-refractivity contribution < 1.29 is 14.3 Å². The van der Waals surface area contributed by atoms with Gasteiger partial charge in [-0.3, -0.25) is 4.79 Å². The van der Waals surface area contributed by atoms with Gasteiger partial charge in [0.25, 0.3) is 5.91 Å². The summed E-state index contributed by atoms with van der Waals surface area (Å²) in [5.74, 6) is 1.04. The molecule has 7 nitrogen and oxygen atoms in total. The third kappa shape index (κ3) is 5.51. The molecule has 2 N–H and O–H groups in total. The van der Waals surface area contributed by atoms with E-state index >= 15 is 0 Å². The maximum atomic E-state index is 12.2. The molecule has 0 aliphatic rings. The first kappa shape index (κ1) is 17.7. The Bertz CT molecular complexity index is 642. The fourth-order valence-electron chi connectivity index (χ4n) is 1.90. The Morgan fingerprint density at radius 2 is 1.92 bits per heavy atom. The van der Waals surface area contributed by atoms with Gasteiger partial charge in [0.1, 0.15) is 17.3 Å². The summed E-state index contributed by atoms with van der Waals surface area (Å²) >= 11 is 0. The maximum Gasteiger partial charge on any atom is 0.275 e. The van der Waals surface area contributed by atoms with Gasteiger partial charge < -0.3 is 20.1 Å². The summed E-state index contributed by atoms with van der Waals surface area (Å²) in [5.41, 5.74) is 0.912. The first-order valence-corrected chi connectivity index (χ1v) is 7.71. The number of carbonyl (C=O) groups is 1. The van der Waals surface area contributed by atoms with E-state index in [9.17, 15) is 4.79 Å². The van der Waals surface area contributed by atoms with Crippen LogP contribution in [0.5, 0.6) is 5.75 Å². The molecule has 0 spiro atoms. The van der Waals surface area contributed by atoms with Gasteiger partial charge in [-0.2, -0.15) is 0 Å². The normalized spacial score (nSPS) is 10.5. The number of carbonyl (C=O) groups excluding carboxylic acids is 1. The van der Waals surface area contributed by atoms with Crippen LogP contribution in [-0.2, 0) is 4.74 Å². The van der Waals surface area contributed by atoms with Crippen molar-refractivity contribution in [2.24, 2.45) is 0 Å². The maximum absolute atomic E-state index is 12.2. The van der Waals surface area contributed by atoms with Crippen LogP contribution in [0.2, 0.25) is 0 Å². The summed E-state index contributed by atoms with van der Waals surface area (Å²) in [4.78, 5) is 20.4. The van der Waals surface area contributed by atoms with Crippen molar-refractivity contribution >= 4 is 17.4 Å². The van der Waals surface area contributed by atoms with Gasteiger partial charge in [0.05, 0.1) is 25.1 Å². The molecule has 0 radical (unpaired) electrons. The standard InChI is InChI=1S/C17H22N4O3/c1-12(2)24-14-6-4-13(5-7-14)21-17(22)15-10-20-16(11-19-15)18-8-9-23-3/h4-7,10-12H,8-9H2,1-3H3,(H,18,20)(H,21,22). The minimum absolute atomic E-state index is 0.108. The van der Waals surface area contributed by atoms with Gasteiger partial charge in [-0.1, -0.05) is 0 Å².